The lowest BCUT2D eigenvalue weighted by atomic mass is 10.2. The number of amides is 1. The summed E-state index contributed by atoms with van der Waals surface area (Å²) in [5.41, 5.74) is 2.66. The van der Waals surface area contributed by atoms with Crippen molar-refractivity contribution in [3.05, 3.63) is 54.5 Å². The van der Waals surface area contributed by atoms with Crippen LogP contribution in [0.5, 0.6) is 0 Å². The van der Waals surface area contributed by atoms with E-state index in [1.165, 1.54) is 0 Å². The molecule has 3 aromatic rings. The van der Waals surface area contributed by atoms with Crippen molar-refractivity contribution in [1.82, 2.24) is 15.2 Å². The zero-order valence-electron chi connectivity index (χ0n) is 10.1. The van der Waals surface area contributed by atoms with Gasteiger partial charge >= 0.3 is 0 Å². The maximum atomic E-state index is 11.9. The minimum absolute atomic E-state index is 0.0472. The van der Waals surface area contributed by atoms with Crippen LogP contribution in [0.15, 0.2) is 48.9 Å². The van der Waals surface area contributed by atoms with Gasteiger partial charge in [-0.3, -0.25) is 14.9 Å². The summed E-state index contributed by atoms with van der Waals surface area (Å²) < 4.78 is 0. The number of anilines is 1. The number of pyridine rings is 1. The molecule has 5 heteroatoms. The Morgan fingerprint density at radius 2 is 2.05 bits per heavy atom. The van der Waals surface area contributed by atoms with E-state index in [1.54, 1.807) is 18.6 Å². The molecule has 5 nitrogen and oxygen atoms in total. The lowest BCUT2D eigenvalue weighted by molar-refractivity contribution is -0.115. The quantitative estimate of drug-likeness (QED) is 0.750. The van der Waals surface area contributed by atoms with Crippen LogP contribution in [0.4, 0.5) is 5.69 Å². The maximum absolute atomic E-state index is 11.9. The molecule has 0 aliphatic heterocycles. The monoisotopic (exact) mass is 252 g/mol. The maximum Gasteiger partial charge on any atom is 0.228 e. The summed E-state index contributed by atoms with van der Waals surface area (Å²) in [5.74, 6) is -0.0472. The molecule has 1 amide bonds. The number of hydrogen-bond acceptors (Lipinski definition) is 3. The molecule has 0 unspecified atom stereocenters. The Kier molecular flexibility index (Phi) is 2.94. The van der Waals surface area contributed by atoms with Crippen molar-refractivity contribution in [2.24, 2.45) is 0 Å². The molecule has 0 radical (unpaired) electrons. The average Bonchev–Trinajstić information content (AvgIpc) is 2.87. The van der Waals surface area contributed by atoms with Gasteiger partial charge in [-0.25, -0.2) is 0 Å². The largest absolute Gasteiger partial charge is 0.326 e. The Balaban J connectivity index is 1.72. The Morgan fingerprint density at radius 3 is 2.89 bits per heavy atom. The van der Waals surface area contributed by atoms with Gasteiger partial charge in [0.2, 0.25) is 5.91 Å². The van der Waals surface area contributed by atoms with Gasteiger partial charge in [0.25, 0.3) is 0 Å². The van der Waals surface area contributed by atoms with Gasteiger partial charge < -0.3 is 5.32 Å². The first-order valence-electron chi connectivity index (χ1n) is 5.93. The number of nitrogens with one attached hydrogen (secondary N) is 2. The Morgan fingerprint density at radius 1 is 1.21 bits per heavy atom. The fraction of sp³-hybridized carbons (Fsp3) is 0.0714. The van der Waals surface area contributed by atoms with E-state index in [-0.39, 0.29) is 5.91 Å². The third-order valence-corrected chi connectivity index (χ3v) is 2.84. The fourth-order valence-corrected chi connectivity index (χ4v) is 1.91. The number of H-pyrrole nitrogens is 1. The highest BCUT2D eigenvalue weighted by Crippen LogP contribution is 2.16. The molecule has 0 atom stereocenters. The number of fused-ring (bicyclic) bond motifs is 1. The van der Waals surface area contributed by atoms with Gasteiger partial charge in [0, 0.05) is 23.5 Å². The molecule has 0 saturated carbocycles. The number of nitrogens with zero attached hydrogens (tertiary/aromatic N) is 2. The molecule has 94 valence electrons. The highest BCUT2D eigenvalue weighted by atomic mass is 16.1. The van der Waals surface area contributed by atoms with Crippen LogP contribution in [0.2, 0.25) is 0 Å². The number of aromatic amines is 1. The van der Waals surface area contributed by atoms with Crippen LogP contribution < -0.4 is 5.32 Å². The number of benzene rings is 1. The second kappa shape index (κ2) is 4.89. The average molecular weight is 252 g/mol. The molecule has 1 aromatic carbocycles. The molecule has 0 aliphatic carbocycles. The second-order valence-electron chi connectivity index (χ2n) is 4.25. The van der Waals surface area contributed by atoms with E-state index in [9.17, 15) is 4.79 Å². The van der Waals surface area contributed by atoms with Crippen molar-refractivity contribution in [2.75, 3.05) is 5.32 Å². The van der Waals surface area contributed by atoms with Crippen LogP contribution in [-0.2, 0) is 11.2 Å². The van der Waals surface area contributed by atoms with E-state index in [4.69, 9.17) is 0 Å². The summed E-state index contributed by atoms with van der Waals surface area (Å²) in [4.78, 5) is 15.8. The lowest BCUT2D eigenvalue weighted by Gasteiger charge is -2.05. The van der Waals surface area contributed by atoms with Crippen molar-refractivity contribution in [3.8, 4) is 0 Å². The summed E-state index contributed by atoms with van der Waals surface area (Å²) in [7, 11) is 0. The number of hydrogen-bond donors (Lipinski definition) is 2. The molecule has 2 aromatic heterocycles. The Hall–Kier alpha value is -2.69. The molecule has 2 heterocycles. The smallest absolute Gasteiger partial charge is 0.228 e. The second-order valence-corrected chi connectivity index (χ2v) is 4.25. The molecular weight excluding hydrogens is 240 g/mol. The molecule has 0 aliphatic rings. The normalized spacial score (nSPS) is 10.5. The summed E-state index contributed by atoms with van der Waals surface area (Å²) in [5, 5.41) is 10.7. The van der Waals surface area contributed by atoms with Crippen LogP contribution in [0.1, 0.15) is 5.56 Å². The molecular formula is C14H12N4O. The van der Waals surface area contributed by atoms with Gasteiger partial charge in [-0.2, -0.15) is 5.10 Å². The summed E-state index contributed by atoms with van der Waals surface area (Å²) in [6.45, 7) is 0. The van der Waals surface area contributed by atoms with Gasteiger partial charge in [0.15, 0.2) is 0 Å². The lowest BCUT2D eigenvalue weighted by Crippen LogP contribution is -2.14. The summed E-state index contributed by atoms with van der Waals surface area (Å²) >= 11 is 0. The van der Waals surface area contributed by atoms with Gasteiger partial charge in [-0.1, -0.05) is 0 Å². The minimum Gasteiger partial charge on any atom is -0.326 e. The van der Waals surface area contributed by atoms with Crippen molar-refractivity contribution in [2.45, 2.75) is 6.42 Å². The molecule has 0 saturated heterocycles. The van der Waals surface area contributed by atoms with Crippen LogP contribution >= 0.6 is 0 Å². The predicted molar refractivity (Wildman–Crippen MR) is 72.7 cm³/mol. The van der Waals surface area contributed by atoms with E-state index in [1.807, 2.05) is 30.3 Å². The molecule has 19 heavy (non-hydrogen) atoms. The van der Waals surface area contributed by atoms with Gasteiger partial charge in [0.05, 0.1) is 18.1 Å². The van der Waals surface area contributed by atoms with E-state index in [0.29, 0.717) is 6.42 Å². The van der Waals surface area contributed by atoms with Crippen LogP contribution in [0.3, 0.4) is 0 Å². The molecule has 3 rings (SSSR count). The van der Waals surface area contributed by atoms with Gasteiger partial charge in [-0.05, 0) is 35.9 Å². The molecule has 2 N–H and O–H groups in total. The third kappa shape index (κ3) is 2.60. The molecule has 0 spiro atoms. The van der Waals surface area contributed by atoms with E-state index in [0.717, 1.165) is 22.2 Å². The zero-order chi connectivity index (χ0) is 13.1. The number of aromatic nitrogens is 3. The summed E-state index contributed by atoms with van der Waals surface area (Å²) in [6.07, 6.45) is 5.43. The van der Waals surface area contributed by atoms with Gasteiger partial charge in [-0.15, -0.1) is 0 Å². The Labute approximate surface area is 109 Å². The van der Waals surface area contributed by atoms with Gasteiger partial charge in [0.1, 0.15) is 0 Å². The van der Waals surface area contributed by atoms with E-state index in [2.05, 4.69) is 20.5 Å². The molecule has 0 bridgehead atoms. The first kappa shape index (κ1) is 11.4. The third-order valence-electron chi connectivity index (χ3n) is 2.84. The first-order valence-corrected chi connectivity index (χ1v) is 5.93. The number of carbonyl (C=O) groups is 1. The van der Waals surface area contributed by atoms with Crippen molar-refractivity contribution in [3.63, 3.8) is 0 Å². The highest BCUT2D eigenvalue weighted by molar-refractivity contribution is 5.94. The van der Waals surface area contributed by atoms with Crippen LogP contribution in [0.25, 0.3) is 10.9 Å². The fourth-order valence-electron chi connectivity index (χ4n) is 1.91. The minimum atomic E-state index is -0.0472. The standard InChI is InChI=1S/C14H12N4O/c19-14(7-10-3-5-15-6-4-10)17-12-1-2-13-11(8-12)9-16-18-13/h1-6,8-9H,7H2,(H,16,18)(H,17,19). The number of rotatable bonds is 3. The van der Waals surface area contributed by atoms with E-state index >= 15 is 0 Å². The van der Waals surface area contributed by atoms with Crippen molar-refractivity contribution in [1.29, 1.82) is 0 Å². The first-order chi connectivity index (χ1) is 9.31. The summed E-state index contributed by atoms with van der Waals surface area (Å²) in [6, 6.07) is 9.30. The topological polar surface area (TPSA) is 70.7 Å². The number of carbonyl (C=O) groups excluding carboxylic acids is 1. The van der Waals surface area contributed by atoms with Crippen LogP contribution in [0, 0.1) is 0 Å². The van der Waals surface area contributed by atoms with E-state index < -0.39 is 0 Å². The SMILES string of the molecule is O=C(Cc1ccncc1)Nc1ccc2[nH]ncc2c1. The van der Waals surface area contributed by atoms with Crippen molar-refractivity contribution >= 4 is 22.5 Å². The Bertz CT molecular complexity index is 706. The highest BCUT2D eigenvalue weighted by Gasteiger charge is 2.05. The van der Waals surface area contributed by atoms with Crippen LogP contribution in [-0.4, -0.2) is 21.1 Å². The predicted octanol–water partition coefficient (Wildman–Crippen LogP) is 2.14. The van der Waals surface area contributed by atoms with Crippen molar-refractivity contribution < 1.29 is 4.79 Å². The zero-order valence-corrected chi connectivity index (χ0v) is 10.1. The molecule has 0 fully saturated rings.